The van der Waals surface area contributed by atoms with E-state index in [0.717, 1.165) is 23.1 Å². The Morgan fingerprint density at radius 1 is 1.21 bits per heavy atom. The number of nitro benzene ring substituents is 1. The number of hydrogen-bond donors (Lipinski definition) is 2. The molecule has 0 aromatic heterocycles. The summed E-state index contributed by atoms with van der Waals surface area (Å²) in [5, 5.41) is 22.9. The number of nitrogens with zero attached hydrogens (tertiary/aromatic N) is 2. The van der Waals surface area contributed by atoms with Gasteiger partial charge in [0.05, 0.1) is 10.6 Å². The SMILES string of the molecule is Cc1c(Cl)cccc1N1C(=O)NC(=O)/C(=C\c2ccc(O)c([N+](=O)[O-])c2)C1=O. The van der Waals surface area contributed by atoms with Crippen molar-refractivity contribution >= 4 is 46.9 Å². The molecule has 10 heteroatoms. The molecule has 1 aliphatic heterocycles. The second-order valence-electron chi connectivity index (χ2n) is 5.85. The van der Waals surface area contributed by atoms with Crippen LogP contribution in [-0.4, -0.2) is 27.9 Å². The third-order valence-corrected chi connectivity index (χ3v) is 4.50. The fourth-order valence-corrected chi connectivity index (χ4v) is 2.83. The summed E-state index contributed by atoms with van der Waals surface area (Å²) < 4.78 is 0. The summed E-state index contributed by atoms with van der Waals surface area (Å²) in [6, 6.07) is 7.07. The lowest BCUT2D eigenvalue weighted by Gasteiger charge is -2.27. The highest BCUT2D eigenvalue weighted by Crippen LogP contribution is 2.31. The Bertz CT molecular complexity index is 1080. The van der Waals surface area contributed by atoms with Crippen LogP contribution >= 0.6 is 11.6 Å². The van der Waals surface area contributed by atoms with E-state index in [0.29, 0.717) is 10.6 Å². The molecule has 3 rings (SSSR count). The molecule has 0 saturated carbocycles. The molecule has 1 aliphatic rings. The first-order valence-corrected chi connectivity index (χ1v) is 8.22. The summed E-state index contributed by atoms with van der Waals surface area (Å²) in [7, 11) is 0. The summed E-state index contributed by atoms with van der Waals surface area (Å²) in [6.45, 7) is 1.61. The van der Waals surface area contributed by atoms with Gasteiger partial charge in [-0.1, -0.05) is 23.7 Å². The average molecular weight is 402 g/mol. The lowest BCUT2D eigenvalue weighted by atomic mass is 10.0. The number of phenolic OH excluding ortho intramolecular Hbond substituents is 1. The number of rotatable bonds is 3. The Hall–Kier alpha value is -3.72. The van der Waals surface area contributed by atoms with Crippen molar-refractivity contribution in [2.24, 2.45) is 0 Å². The van der Waals surface area contributed by atoms with Crippen LogP contribution < -0.4 is 10.2 Å². The molecule has 1 fully saturated rings. The van der Waals surface area contributed by atoms with E-state index in [9.17, 15) is 29.6 Å². The lowest BCUT2D eigenvalue weighted by molar-refractivity contribution is -0.385. The first-order valence-electron chi connectivity index (χ1n) is 7.84. The maximum absolute atomic E-state index is 12.9. The van der Waals surface area contributed by atoms with Crippen molar-refractivity contribution in [2.75, 3.05) is 4.90 Å². The molecule has 2 aromatic carbocycles. The van der Waals surface area contributed by atoms with Gasteiger partial charge in [-0.25, -0.2) is 9.69 Å². The first kappa shape index (κ1) is 19.1. The minimum absolute atomic E-state index is 0.125. The molecule has 0 spiro atoms. The van der Waals surface area contributed by atoms with Crippen molar-refractivity contribution in [2.45, 2.75) is 6.92 Å². The number of barbiturate groups is 1. The second-order valence-corrected chi connectivity index (χ2v) is 6.25. The van der Waals surface area contributed by atoms with Gasteiger partial charge < -0.3 is 5.11 Å². The van der Waals surface area contributed by atoms with E-state index in [2.05, 4.69) is 5.32 Å². The van der Waals surface area contributed by atoms with E-state index >= 15 is 0 Å². The summed E-state index contributed by atoms with van der Waals surface area (Å²) in [6.07, 6.45) is 1.10. The number of halogens is 1. The summed E-state index contributed by atoms with van der Waals surface area (Å²) in [5.41, 5.74) is -0.206. The zero-order chi connectivity index (χ0) is 20.6. The maximum atomic E-state index is 12.9. The molecule has 2 N–H and O–H groups in total. The zero-order valence-electron chi connectivity index (χ0n) is 14.3. The minimum Gasteiger partial charge on any atom is -0.502 e. The van der Waals surface area contributed by atoms with E-state index < -0.39 is 39.8 Å². The molecule has 9 nitrogen and oxygen atoms in total. The fraction of sp³-hybridized carbons (Fsp3) is 0.0556. The number of imide groups is 2. The predicted molar refractivity (Wildman–Crippen MR) is 100.0 cm³/mol. The molecule has 0 radical (unpaired) electrons. The van der Waals surface area contributed by atoms with E-state index in [1.54, 1.807) is 19.1 Å². The van der Waals surface area contributed by atoms with Gasteiger partial charge in [-0.15, -0.1) is 0 Å². The monoisotopic (exact) mass is 401 g/mol. The van der Waals surface area contributed by atoms with E-state index in [4.69, 9.17) is 11.6 Å². The molecule has 4 amide bonds. The van der Waals surface area contributed by atoms with Gasteiger partial charge in [0, 0.05) is 11.1 Å². The number of benzene rings is 2. The molecule has 2 aromatic rings. The van der Waals surface area contributed by atoms with Crippen LogP contribution in [0.25, 0.3) is 6.08 Å². The Balaban J connectivity index is 2.08. The lowest BCUT2D eigenvalue weighted by Crippen LogP contribution is -2.54. The number of nitrogens with one attached hydrogen (secondary N) is 1. The quantitative estimate of drug-likeness (QED) is 0.352. The normalized spacial score (nSPS) is 15.7. The maximum Gasteiger partial charge on any atom is 0.335 e. The molecule has 142 valence electrons. The standard InChI is InChI=1S/C18H12ClN3O6/c1-9-12(19)3-2-4-13(9)21-17(25)11(16(24)20-18(21)26)7-10-5-6-15(23)14(8-10)22(27)28/h2-8,23H,1H3,(H,20,24,26)/b11-7+. The highest BCUT2D eigenvalue weighted by atomic mass is 35.5. The number of amides is 4. The fourth-order valence-electron chi connectivity index (χ4n) is 2.66. The van der Waals surface area contributed by atoms with Crippen LogP contribution in [0.15, 0.2) is 42.0 Å². The summed E-state index contributed by atoms with van der Waals surface area (Å²) >= 11 is 6.05. The Morgan fingerprint density at radius 3 is 2.61 bits per heavy atom. The first-order chi connectivity index (χ1) is 13.2. The van der Waals surface area contributed by atoms with Crippen LogP contribution in [0.4, 0.5) is 16.2 Å². The molecule has 0 aliphatic carbocycles. The van der Waals surface area contributed by atoms with Crippen molar-refractivity contribution in [3.05, 3.63) is 68.2 Å². The van der Waals surface area contributed by atoms with Gasteiger partial charge in [-0.3, -0.25) is 25.0 Å². The molecule has 28 heavy (non-hydrogen) atoms. The largest absolute Gasteiger partial charge is 0.502 e. The summed E-state index contributed by atoms with van der Waals surface area (Å²) in [4.78, 5) is 48.2. The Labute approximate surface area is 163 Å². The molecule has 0 bridgehead atoms. The van der Waals surface area contributed by atoms with Gasteiger partial charge in [-0.05, 0) is 42.3 Å². The summed E-state index contributed by atoms with van der Waals surface area (Å²) in [5.74, 6) is -2.41. The van der Waals surface area contributed by atoms with Crippen LogP contribution in [-0.2, 0) is 9.59 Å². The van der Waals surface area contributed by atoms with Crippen LogP contribution in [0, 0.1) is 17.0 Å². The number of carbonyl (C=O) groups excluding carboxylic acids is 3. The van der Waals surface area contributed by atoms with Gasteiger partial charge in [-0.2, -0.15) is 0 Å². The molecule has 0 unspecified atom stereocenters. The average Bonchev–Trinajstić information content (AvgIpc) is 2.63. The number of phenols is 1. The van der Waals surface area contributed by atoms with Crippen molar-refractivity contribution in [1.29, 1.82) is 0 Å². The van der Waals surface area contributed by atoms with Crippen molar-refractivity contribution in [1.82, 2.24) is 5.32 Å². The minimum atomic E-state index is -0.943. The third kappa shape index (κ3) is 3.30. The van der Waals surface area contributed by atoms with Gasteiger partial charge in [0.2, 0.25) is 0 Å². The van der Waals surface area contributed by atoms with Crippen LogP contribution in [0.1, 0.15) is 11.1 Å². The highest BCUT2D eigenvalue weighted by Gasteiger charge is 2.37. The Kier molecular flexibility index (Phi) is 4.85. The van der Waals surface area contributed by atoms with E-state index in [1.807, 2.05) is 0 Å². The van der Waals surface area contributed by atoms with Gasteiger partial charge >= 0.3 is 11.7 Å². The van der Waals surface area contributed by atoms with Gasteiger partial charge in [0.15, 0.2) is 5.75 Å². The molecule has 1 heterocycles. The topological polar surface area (TPSA) is 130 Å². The molecular formula is C18H12ClN3O6. The van der Waals surface area contributed by atoms with Crippen molar-refractivity contribution in [3.63, 3.8) is 0 Å². The highest BCUT2D eigenvalue weighted by molar-refractivity contribution is 6.39. The number of nitro groups is 1. The van der Waals surface area contributed by atoms with Crippen molar-refractivity contribution in [3.8, 4) is 5.75 Å². The van der Waals surface area contributed by atoms with Crippen LogP contribution in [0.2, 0.25) is 5.02 Å². The number of carbonyl (C=O) groups is 3. The van der Waals surface area contributed by atoms with Crippen LogP contribution in [0.3, 0.4) is 0 Å². The molecular weight excluding hydrogens is 390 g/mol. The Morgan fingerprint density at radius 2 is 1.93 bits per heavy atom. The van der Waals surface area contributed by atoms with Crippen LogP contribution in [0.5, 0.6) is 5.75 Å². The molecule has 0 atom stereocenters. The van der Waals surface area contributed by atoms with Crippen molar-refractivity contribution < 1.29 is 24.4 Å². The number of anilines is 1. The second kappa shape index (κ2) is 7.12. The van der Waals surface area contributed by atoms with E-state index in [-0.39, 0.29) is 11.3 Å². The smallest absolute Gasteiger partial charge is 0.335 e. The van der Waals surface area contributed by atoms with Gasteiger partial charge in [0.25, 0.3) is 11.8 Å². The third-order valence-electron chi connectivity index (χ3n) is 4.09. The molecule has 1 saturated heterocycles. The predicted octanol–water partition coefficient (Wildman–Crippen LogP) is 2.93. The van der Waals surface area contributed by atoms with Gasteiger partial charge in [0.1, 0.15) is 5.57 Å². The number of aromatic hydroxyl groups is 1. The van der Waals surface area contributed by atoms with E-state index in [1.165, 1.54) is 12.1 Å². The number of urea groups is 1. The zero-order valence-corrected chi connectivity index (χ0v) is 15.1. The number of hydrogen-bond acceptors (Lipinski definition) is 6.